The Balaban J connectivity index is 1.92. The molecule has 0 aromatic heterocycles. The summed E-state index contributed by atoms with van der Waals surface area (Å²) in [5.41, 5.74) is 0.393. The average Bonchev–Trinajstić information content (AvgIpc) is 2.85. The number of carbonyl (C=O) groups excluding carboxylic acids is 2. The predicted octanol–water partition coefficient (Wildman–Crippen LogP) is 1.17. The van der Waals surface area contributed by atoms with Gasteiger partial charge in [-0.1, -0.05) is 6.07 Å². The first kappa shape index (κ1) is 16.2. The van der Waals surface area contributed by atoms with Gasteiger partial charge < -0.3 is 14.8 Å². The molecule has 22 heavy (non-hydrogen) atoms. The van der Waals surface area contributed by atoms with Crippen LogP contribution >= 0.6 is 0 Å². The summed E-state index contributed by atoms with van der Waals surface area (Å²) >= 11 is 0. The van der Waals surface area contributed by atoms with Gasteiger partial charge in [0.15, 0.2) is 6.61 Å². The average molecular weight is 314 g/mol. The first-order valence-corrected chi connectivity index (χ1v) is 6.61. The number of hydrogen-bond donors (Lipinski definition) is 2. The topological polar surface area (TPSA) is 76.7 Å². The van der Waals surface area contributed by atoms with Crippen molar-refractivity contribution in [3.05, 3.63) is 24.3 Å². The number of benzene rings is 1. The summed E-state index contributed by atoms with van der Waals surface area (Å²) in [5.74, 6) is -3.59. The minimum absolute atomic E-state index is 0.260. The molecule has 0 bridgehead atoms. The minimum atomic E-state index is -2.87. The lowest BCUT2D eigenvalue weighted by atomic mass is 10.2. The summed E-state index contributed by atoms with van der Waals surface area (Å²) in [6, 6.07) is 5.36. The van der Waals surface area contributed by atoms with Crippen LogP contribution in [0.5, 0.6) is 5.75 Å². The molecule has 1 unspecified atom stereocenters. The van der Waals surface area contributed by atoms with Gasteiger partial charge in [-0.05, 0) is 12.1 Å². The van der Waals surface area contributed by atoms with Crippen molar-refractivity contribution >= 4 is 17.6 Å². The van der Waals surface area contributed by atoms with Gasteiger partial charge in [0, 0.05) is 18.2 Å². The molecule has 0 saturated carbocycles. The molecule has 1 fully saturated rings. The summed E-state index contributed by atoms with van der Waals surface area (Å²) in [5, 5.41) is 5.01. The van der Waals surface area contributed by atoms with E-state index in [1.54, 1.807) is 18.2 Å². The number of rotatable bonds is 5. The molecule has 120 valence electrons. The normalized spacial score (nSPS) is 19.5. The van der Waals surface area contributed by atoms with Crippen LogP contribution in [-0.2, 0) is 14.3 Å². The van der Waals surface area contributed by atoms with Crippen molar-refractivity contribution in [3.8, 4) is 5.75 Å². The molecule has 0 radical (unpaired) electrons. The van der Waals surface area contributed by atoms with Gasteiger partial charge in [0.25, 0.3) is 5.92 Å². The largest absolute Gasteiger partial charge is 0.482 e. The van der Waals surface area contributed by atoms with Gasteiger partial charge in [-0.3, -0.25) is 10.1 Å². The number of hydrogen-bond acceptors (Lipinski definition) is 5. The summed E-state index contributed by atoms with van der Waals surface area (Å²) in [7, 11) is 1.24. The molecule has 1 aromatic carbocycles. The van der Waals surface area contributed by atoms with E-state index in [2.05, 4.69) is 15.4 Å². The number of carbonyl (C=O) groups is 2. The number of nitrogens with one attached hydrogen (secondary N) is 2. The van der Waals surface area contributed by atoms with E-state index in [9.17, 15) is 18.4 Å². The number of amides is 1. The Labute approximate surface area is 125 Å². The Morgan fingerprint density at radius 2 is 2.23 bits per heavy atom. The van der Waals surface area contributed by atoms with Crippen molar-refractivity contribution < 1.29 is 27.8 Å². The molecule has 6 nitrogen and oxygen atoms in total. The Kier molecular flexibility index (Phi) is 4.92. The molecular formula is C14H16F2N2O4. The number of esters is 1. The summed E-state index contributed by atoms with van der Waals surface area (Å²) in [4.78, 5) is 22.9. The van der Waals surface area contributed by atoms with E-state index in [1.165, 1.54) is 13.2 Å². The third-order valence-electron chi connectivity index (χ3n) is 3.11. The Morgan fingerprint density at radius 1 is 1.45 bits per heavy atom. The SMILES string of the molecule is COC(=O)COc1cccc(NC(=O)C2CC(F)(F)CN2)c1. The van der Waals surface area contributed by atoms with Gasteiger partial charge in [-0.2, -0.15) is 0 Å². The highest BCUT2D eigenvalue weighted by molar-refractivity contribution is 5.95. The number of anilines is 1. The van der Waals surface area contributed by atoms with Gasteiger partial charge >= 0.3 is 5.97 Å². The molecule has 0 spiro atoms. The highest BCUT2D eigenvalue weighted by Gasteiger charge is 2.42. The first-order valence-electron chi connectivity index (χ1n) is 6.61. The van der Waals surface area contributed by atoms with Crippen LogP contribution < -0.4 is 15.4 Å². The van der Waals surface area contributed by atoms with E-state index >= 15 is 0 Å². The number of alkyl halides is 2. The van der Waals surface area contributed by atoms with E-state index < -0.39 is 36.8 Å². The molecule has 1 aliphatic heterocycles. The molecule has 1 saturated heterocycles. The summed E-state index contributed by atoms with van der Waals surface area (Å²) < 4.78 is 35.7. The second kappa shape index (κ2) is 6.69. The molecule has 2 N–H and O–H groups in total. The number of halogens is 2. The lowest BCUT2D eigenvalue weighted by Gasteiger charge is -2.12. The molecule has 0 aliphatic carbocycles. The van der Waals surface area contributed by atoms with Crippen LogP contribution in [0.15, 0.2) is 24.3 Å². The highest BCUT2D eigenvalue weighted by atomic mass is 19.3. The molecule has 1 atom stereocenters. The quantitative estimate of drug-likeness (QED) is 0.798. The second-order valence-corrected chi connectivity index (χ2v) is 4.88. The maximum atomic E-state index is 13.1. The second-order valence-electron chi connectivity index (χ2n) is 4.88. The zero-order chi connectivity index (χ0) is 16.2. The Bertz CT molecular complexity index is 566. The van der Waals surface area contributed by atoms with Crippen molar-refractivity contribution in [1.29, 1.82) is 0 Å². The lowest BCUT2D eigenvalue weighted by molar-refractivity contribution is -0.142. The summed E-state index contributed by atoms with van der Waals surface area (Å²) in [6.07, 6.45) is -0.530. The molecule has 8 heteroatoms. The van der Waals surface area contributed by atoms with Gasteiger partial charge in [0.2, 0.25) is 5.91 Å². The minimum Gasteiger partial charge on any atom is -0.482 e. The highest BCUT2D eigenvalue weighted by Crippen LogP contribution is 2.26. The van der Waals surface area contributed by atoms with Crippen LogP contribution in [0.4, 0.5) is 14.5 Å². The van der Waals surface area contributed by atoms with Gasteiger partial charge in [-0.25, -0.2) is 13.6 Å². The van der Waals surface area contributed by atoms with Crippen LogP contribution in [0.1, 0.15) is 6.42 Å². The fraction of sp³-hybridized carbons (Fsp3) is 0.429. The third-order valence-corrected chi connectivity index (χ3v) is 3.11. The van der Waals surface area contributed by atoms with E-state index in [4.69, 9.17) is 4.74 Å². The maximum Gasteiger partial charge on any atom is 0.343 e. The van der Waals surface area contributed by atoms with Gasteiger partial charge in [0.05, 0.1) is 19.7 Å². The molecule has 1 aliphatic rings. The lowest BCUT2D eigenvalue weighted by Crippen LogP contribution is -2.35. The van der Waals surface area contributed by atoms with Crippen LogP contribution in [0.3, 0.4) is 0 Å². The van der Waals surface area contributed by atoms with Crippen LogP contribution in [0, 0.1) is 0 Å². The van der Waals surface area contributed by atoms with E-state index in [-0.39, 0.29) is 6.61 Å². The van der Waals surface area contributed by atoms with Crippen molar-refractivity contribution in [3.63, 3.8) is 0 Å². The van der Waals surface area contributed by atoms with Crippen molar-refractivity contribution in [2.75, 3.05) is 25.6 Å². The maximum absolute atomic E-state index is 13.1. The first-order chi connectivity index (χ1) is 10.4. The molecule has 1 aromatic rings. The van der Waals surface area contributed by atoms with Crippen LogP contribution in [-0.4, -0.2) is 44.1 Å². The van der Waals surface area contributed by atoms with E-state index in [0.29, 0.717) is 11.4 Å². The van der Waals surface area contributed by atoms with Gasteiger partial charge in [0.1, 0.15) is 5.75 Å². The number of ether oxygens (including phenoxy) is 2. The van der Waals surface area contributed by atoms with E-state index in [1.807, 2.05) is 0 Å². The van der Waals surface area contributed by atoms with E-state index in [0.717, 1.165) is 0 Å². The summed E-state index contributed by atoms with van der Waals surface area (Å²) in [6.45, 7) is -0.766. The van der Waals surface area contributed by atoms with Crippen molar-refractivity contribution in [1.82, 2.24) is 5.32 Å². The molecule has 2 rings (SSSR count). The van der Waals surface area contributed by atoms with Crippen molar-refractivity contribution in [2.24, 2.45) is 0 Å². The van der Waals surface area contributed by atoms with Gasteiger partial charge in [-0.15, -0.1) is 0 Å². The van der Waals surface area contributed by atoms with Crippen LogP contribution in [0.25, 0.3) is 0 Å². The smallest absolute Gasteiger partial charge is 0.343 e. The predicted molar refractivity (Wildman–Crippen MR) is 73.9 cm³/mol. The third kappa shape index (κ3) is 4.39. The fourth-order valence-electron chi connectivity index (χ4n) is 2.00. The zero-order valence-electron chi connectivity index (χ0n) is 11.9. The number of methoxy groups -OCH3 is 1. The zero-order valence-corrected chi connectivity index (χ0v) is 11.9. The molecule has 1 amide bonds. The van der Waals surface area contributed by atoms with Crippen LogP contribution in [0.2, 0.25) is 0 Å². The molecule has 1 heterocycles. The van der Waals surface area contributed by atoms with Crippen molar-refractivity contribution in [2.45, 2.75) is 18.4 Å². The Morgan fingerprint density at radius 3 is 2.86 bits per heavy atom. The molecular weight excluding hydrogens is 298 g/mol. The standard InChI is InChI=1S/C14H16F2N2O4/c1-21-12(19)7-22-10-4-2-3-9(5-10)18-13(20)11-6-14(15,16)8-17-11/h2-5,11,17H,6-8H2,1H3,(H,18,20). The Hall–Kier alpha value is -2.22. The fourth-order valence-corrected chi connectivity index (χ4v) is 2.00. The monoisotopic (exact) mass is 314 g/mol.